The van der Waals surface area contributed by atoms with E-state index in [1.807, 2.05) is 66.7 Å². The summed E-state index contributed by atoms with van der Waals surface area (Å²) in [5.41, 5.74) is 4.84. The average Bonchev–Trinajstić information content (AvgIpc) is 2.77. The number of pyridine rings is 1. The summed E-state index contributed by atoms with van der Waals surface area (Å²) in [6.45, 7) is 13.0. The highest BCUT2D eigenvalue weighted by atomic mass is 16.3. The van der Waals surface area contributed by atoms with Crippen LogP contribution >= 0.6 is 0 Å². The maximum absolute atomic E-state index is 12.5. The van der Waals surface area contributed by atoms with Crippen molar-refractivity contribution in [3.05, 3.63) is 88.7 Å². The van der Waals surface area contributed by atoms with Gasteiger partial charge in [0.1, 0.15) is 5.75 Å². The summed E-state index contributed by atoms with van der Waals surface area (Å²) >= 11 is 0. The van der Waals surface area contributed by atoms with Crippen molar-refractivity contribution in [1.29, 1.82) is 0 Å². The van der Waals surface area contributed by atoms with Gasteiger partial charge in [0.2, 0.25) is 0 Å². The van der Waals surface area contributed by atoms with Crippen LogP contribution in [0, 0.1) is 0 Å². The molecule has 3 N–H and O–H groups in total. The van der Waals surface area contributed by atoms with Crippen molar-refractivity contribution in [3.63, 3.8) is 0 Å². The van der Waals surface area contributed by atoms with Crippen molar-refractivity contribution >= 4 is 23.9 Å². The minimum atomic E-state index is -0.291. The molecule has 34 heavy (non-hydrogen) atoms. The van der Waals surface area contributed by atoms with E-state index in [9.17, 15) is 9.90 Å². The molecule has 2 amide bonds. The van der Waals surface area contributed by atoms with Crippen LogP contribution in [-0.4, -0.2) is 16.1 Å². The molecule has 0 aliphatic heterocycles. The smallest absolute Gasteiger partial charge is 0.319 e. The summed E-state index contributed by atoms with van der Waals surface area (Å²) in [4.78, 5) is 16.7. The predicted octanol–water partition coefficient (Wildman–Crippen LogP) is 6.87. The monoisotopic (exact) mass is 457 g/mol. The fourth-order valence-electron chi connectivity index (χ4n) is 3.68. The van der Waals surface area contributed by atoms with E-state index in [1.54, 1.807) is 6.20 Å². The van der Waals surface area contributed by atoms with E-state index in [4.69, 9.17) is 0 Å². The molecule has 3 aromatic rings. The second-order valence-corrected chi connectivity index (χ2v) is 10.5. The SMILES string of the molecule is CC(C)(C)c1cc(C=Cc2ccccc2NC(=O)NCc2ccccn2)cc(C(C)(C)C)c1O. The zero-order valence-electron chi connectivity index (χ0n) is 20.9. The van der Waals surface area contributed by atoms with Gasteiger partial charge in [-0.15, -0.1) is 0 Å². The number of nitrogens with one attached hydrogen (secondary N) is 2. The molecule has 0 fully saturated rings. The number of phenols is 1. The van der Waals surface area contributed by atoms with Gasteiger partial charge in [0.05, 0.1) is 12.2 Å². The summed E-state index contributed by atoms with van der Waals surface area (Å²) in [7, 11) is 0. The van der Waals surface area contributed by atoms with E-state index in [2.05, 4.69) is 57.2 Å². The normalized spacial score (nSPS) is 12.1. The van der Waals surface area contributed by atoms with Crippen molar-refractivity contribution in [1.82, 2.24) is 10.3 Å². The van der Waals surface area contributed by atoms with Crippen LogP contribution in [0.4, 0.5) is 10.5 Å². The fourth-order valence-corrected chi connectivity index (χ4v) is 3.68. The van der Waals surface area contributed by atoms with Gasteiger partial charge < -0.3 is 15.7 Å². The lowest BCUT2D eigenvalue weighted by Gasteiger charge is -2.27. The Balaban J connectivity index is 1.84. The number of carbonyl (C=O) groups excluding carboxylic acids is 1. The number of aromatic hydroxyl groups is 1. The zero-order valence-corrected chi connectivity index (χ0v) is 20.9. The summed E-state index contributed by atoms with van der Waals surface area (Å²) in [6, 6.07) is 17.0. The summed E-state index contributed by atoms with van der Waals surface area (Å²) in [6.07, 6.45) is 5.71. The van der Waals surface area contributed by atoms with Crippen molar-refractivity contribution < 1.29 is 9.90 Å². The highest BCUT2D eigenvalue weighted by Crippen LogP contribution is 2.40. The molecular weight excluding hydrogens is 422 g/mol. The molecule has 0 aliphatic carbocycles. The molecule has 1 aromatic heterocycles. The van der Waals surface area contributed by atoms with Gasteiger partial charge in [-0.2, -0.15) is 0 Å². The van der Waals surface area contributed by atoms with Crippen LogP contribution in [0.5, 0.6) is 5.75 Å². The second-order valence-electron chi connectivity index (χ2n) is 10.5. The van der Waals surface area contributed by atoms with Crippen LogP contribution in [-0.2, 0) is 17.4 Å². The van der Waals surface area contributed by atoms with Gasteiger partial charge in [-0.3, -0.25) is 4.98 Å². The van der Waals surface area contributed by atoms with E-state index >= 15 is 0 Å². The first kappa shape index (κ1) is 25.0. The van der Waals surface area contributed by atoms with Crippen LogP contribution < -0.4 is 10.6 Å². The van der Waals surface area contributed by atoms with E-state index in [1.165, 1.54) is 0 Å². The van der Waals surface area contributed by atoms with Crippen molar-refractivity contribution in [3.8, 4) is 5.75 Å². The number of hydrogen-bond donors (Lipinski definition) is 3. The highest BCUT2D eigenvalue weighted by Gasteiger charge is 2.26. The lowest BCUT2D eigenvalue weighted by molar-refractivity contribution is 0.251. The summed E-state index contributed by atoms with van der Waals surface area (Å²) < 4.78 is 0. The number of urea groups is 1. The van der Waals surface area contributed by atoms with Crippen LogP contribution in [0.2, 0.25) is 0 Å². The Morgan fingerprint density at radius 3 is 2.12 bits per heavy atom. The van der Waals surface area contributed by atoms with Gasteiger partial charge in [0.15, 0.2) is 0 Å². The molecule has 0 spiro atoms. The molecule has 0 atom stereocenters. The van der Waals surface area contributed by atoms with Crippen molar-refractivity contribution in [2.45, 2.75) is 58.9 Å². The van der Waals surface area contributed by atoms with Crippen molar-refractivity contribution in [2.75, 3.05) is 5.32 Å². The van der Waals surface area contributed by atoms with Gasteiger partial charge in [-0.25, -0.2) is 4.79 Å². The second kappa shape index (κ2) is 10.1. The van der Waals surface area contributed by atoms with Gasteiger partial charge in [-0.05, 0) is 52.3 Å². The quantitative estimate of drug-likeness (QED) is 0.366. The number of phenolic OH excluding ortho intramolecular Hbond substituents is 1. The number of benzene rings is 2. The number of para-hydroxylation sites is 1. The lowest BCUT2D eigenvalue weighted by Crippen LogP contribution is -2.28. The first-order valence-corrected chi connectivity index (χ1v) is 11.5. The molecule has 3 rings (SSSR count). The number of rotatable bonds is 5. The molecule has 1 heterocycles. The summed E-state index contributed by atoms with van der Waals surface area (Å²) in [5.74, 6) is 0.365. The third kappa shape index (κ3) is 6.47. The largest absolute Gasteiger partial charge is 0.507 e. The standard InChI is InChI=1S/C29H35N3O2/c1-28(2,3)23-17-20(18-24(26(23)33)29(4,5)6)14-15-21-11-7-8-13-25(21)32-27(34)31-19-22-12-9-10-16-30-22/h7-18,33H,19H2,1-6H3,(H2,31,32,34). The Labute approximate surface area is 203 Å². The molecule has 5 nitrogen and oxygen atoms in total. The molecule has 0 unspecified atom stereocenters. The molecule has 0 aliphatic rings. The Kier molecular flexibility index (Phi) is 7.45. The molecule has 0 saturated heterocycles. The Hall–Kier alpha value is -3.60. The van der Waals surface area contributed by atoms with Gasteiger partial charge in [-0.1, -0.05) is 78.0 Å². The van der Waals surface area contributed by atoms with E-state index in [0.29, 0.717) is 18.0 Å². The Morgan fingerprint density at radius 2 is 1.53 bits per heavy atom. The molecule has 0 radical (unpaired) electrons. The van der Waals surface area contributed by atoms with Crippen LogP contribution in [0.3, 0.4) is 0 Å². The van der Waals surface area contributed by atoms with Crippen LogP contribution in [0.1, 0.15) is 69.5 Å². The number of carbonyl (C=O) groups is 1. The number of anilines is 1. The third-order valence-electron chi connectivity index (χ3n) is 5.57. The van der Waals surface area contributed by atoms with Gasteiger partial charge >= 0.3 is 6.03 Å². The lowest BCUT2D eigenvalue weighted by atomic mass is 9.78. The topological polar surface area (TPSA) is 74.2 Å². The number of aromatic nitrogens is 1. The van der Waals surface area contributed by atoms with Gasteiger partial charge in [0.25, 0.3) is 0 Å². The first-order valence-electron chi connectivity index (χ1n) is 11.5. The number of nitrogens with zero attached hydrogens (tertiary/aromatic N) is 1. The van der Waals surface area contributed by atoms with E-state index in [0.717, 1.165) is 27.9 Å². The molecule has 0 bridgehead atoms. The molecule has 0 saturated carbocycles. The number of amides is 2. The summed E-state index contributed by atoms with van der Waals surface area (Å²) in [5, 5.41) is 16.7. The fraction of sp³-hybridized carbons (Fsp3) is 0.310. The number of hydrogen-bond acceptors (Lipinski definition) is 3. The highest BCUT2D eigenvalue weighted by molar-refractivity contribution is 5.92. The molecular formula is C29H35N3O2. The van der Waals surface area contributed by atoms with Crippen LogP contribution in [0.15, 0.2) is 60.8 Å². The van der Waals surface area contributed by atoms with Gasteiger partial charge in [0, 0.05) is 23.0 Å². The Morgan fingerprint density at radius 1 is 0.912 bits per heavy atom. The maximum Gasteiger partial charge on any atom is 0.319 e. The predicted molar refractivity (Wildman–Crippen MR) is 141 cm³/mol. The van der Waals surface area contributed by atoms with E-state index in [-0.39, 0.29) is 16.9 Å². The first-order chi connectivity index (χ1) is 15.9. The third-order valence-corrected chi connectivity index (χ3v) is 5.57. The average molecular weight is 458 g/mol. The van der Waals surface area contributed by atoms with E-state index < -0.39 is 0 Å². The molecule has 2 aromatic carbocycles. The van der Waals surface area contributed by atoms with Crippen molar-refractivity contribution in [2.24, 2.45) is 0 Å². The Bertz CT molecular complexity index is 1130. The minimum Gasteiger partial charge on any atom is -0.507 e. The maximum atomic E-state index is 12.5. The zero-order chi connectivity index (χ0) is 24.9. The minimum absolute atomic E-state index is 0.195. The van der Waals surface area contributed by atoms with Crippen LogP contribution in [0.25, 0.3) is 12.2 Å². The molecule has 178 valence electrons. The molecule has 5 heteroatoms.